The van der Waals surface area contributed by atoms with E-state index in [1.54, 1.807) is 0 Å². The predicted molar refractivity (Wildman–Crippen MR) is 75.2 cm³/mol. The van der Waals surface area contributed by atoms with Crippen LogP contribution >= 0.6 is 0 Å². The molecule has 1 heterocycles. The zero-order valence-electron chi connectivity index (χ0n) is 11.1. The maximum absolute atomic E-state index is 5.86. The Labute approximate surface area is 110 Å². The summed E-state index contributed by atoms with van der Waals surface area (Å²) in [4.78, 5) is 2.73. The minimum atomic E-state index is 0.486. The van der Waals surface area contributed by atoms with Gasteiger partial charge < -0.3 is 5.73 Å². The molecule has 2 atom stereocenters. The summed E-state index contributed by atoms with van der Waals surface area (Å²) in [5.74, 6) is 0.765. The number of likely N-dealkylation sites (tertiary alicyclic amines) is 1. The molecule has 0 bridgehead atoms. The van der Waals surface area contributed by atoms with Crippen molar-refractivity contribution in [2.75, 3.05) is 13.1 Å². The van der Waals surface area contributed by atoms with E-state index in [9.17, 15) is 0 Å². The molecule has 0 amide bonds. The smallest absolute Gasteiger partial charge is 0.0239 e. The topological polar surface area (TPSA) is 29.3 Å². The molecule has 1 aliphatic carbocycles. The van der Waals surface area contributed by atoms with Crippen molar-refractivity contribution in [3.63, 3.8) is 0 Å². The van der Waals surface area contributed by atoms with Crippen LogP contribution in [-0.4, -0.2) is 23.5 Å². The Hall–Kier alpha value is -0.860. The first kappa shape index (κ1) is 12.2. The number of nitrogens with two attached hydrogens (primary N) is 1. The van der Waals surface area contributed by atoms with Crippen LogP contribution in [-0.2, 0) is 6.54 Å². The fourth-order valence-corrected chi connectivity index (χ4v) is 3.97. The quantitative estimate of drug-likeness (QED) is 0.886. The highest BCUT2D eigenvalue weighted by Gasteiger charge is 2.45. The van der Waals surface area contributed by atoms with Crippen LogP contribution in [0.3, 0.4) is 0 Å². The van der Waals surface area contributed by atoms with Crippen LogP contribution in [0.1, 0.15) is 37.7 Å². The van der Waals surface area contributed by atoms with Gasteiger partial charge in [0.15, 0.2) is 0 Å². The summed E-state index contributed by atoms with van der Waals surface area (Å²) in [6.45, 7) is 3.27. The van der Waals surface area contributed by atoms with Crippen molar-refractivity contribution < 1.29 is 0 Å². The fraction of sp³-hybridized carbons (Fsp3) is 0.625. The fourth-order valence-electron chi connectivity index (χ4n) is 3.97. The highest BCUT2D eigenvalue weighted by molar-refractivity contribution is 5.16. The minimum absolute atomic E-state index is 0.486. The molecule has 2 aliphatic rings. The molecule has 18 heavy (non-hydrogen) atoms. The van der Waals surface area contributed by atoms with E-state index in [1.807, 2.05) is 0 Å². The van der Waals surface area contributed by atoms with Gasteiger partial charge >= 0.3 is 0 Å². The lowest BCUT2D eigenvalue weighted by atomic mass is 9.92. The summed E-state index contributed by atoms with van der Waals surface area (Å²) >= 11 is 0. The van der Waals surface area contributed by atoms with E-state index in [1.165, 1.54) is 44.2 Å². The zero-order valence-corrected chi connectivity index (χ0v) is 11.1. The molecule has 1 saturated carbocycles. The molecule has 1 spiro atoms. The second kappa shape index (κ2) is 5.02. The molecule has 0 aromatic heterocycles. The maximum Gasteiger partial charge on any atom is 0.0239 e. The van der Waals surface area contributed by atoms with Crippen LogP contribution in [0.2, 0.25) is 0 Å². The summed E-state index contributed by atoms with van der Waals surface area (Å²) < 4.78 is 0. The number of hydrogen-bond acceptors (Lipinski definition) is 2. The van der Waals surface area contributed by atoms with Crippen LogP contribution in [0.4, 0.5) is 0 Å². The van der Waals surface area contributed by atoms with Crippen molar-refractivity contribution in [1.82, 2.24) is 4.90 Å². The second-order valence-corrected chi connectivity index (χ2v) is 6.08. The molecular formula is C16H24N2. The lowest BCUT2D eigenvalue weighted by molar-refractivity contribution is 0.130. The zero-order chi connectivity index (χ0) is 12.4. The number of nitrogens with zero attached hydrogens (tertiary/aromatic N) is 1. The van der Waals surface area contributed by atoms with Gasteiger partial charge in [0, 0.05) is 12.1 Å². The first-order chi connectivity index (χ1) is 8.82. The van der Waals surface area contributed by atoms with Crippen LogP contribution in [0, 0.1) is 5.92 Å². The predicted octanol–water partition coefficient (Wildman–Crippen LogP) is 2.78. The summed E-state index contributed by atoms with van der Waals surface area (Å²) in [6, 6.07) is 10.9. The van der Waals surface area contributed by atoms with Gasteiger partial charge in [-0.1, -0.05) is 30.3 Å². The third-order valence-electron chi connectivity index (χ3n) is 4.98. The van der Waals surface area contributed by atoms with E-state index in [0.717, 1.165) is 19.0 Å². The van der Waals surface area contributed by atoms with Gasteiger partial charge in [0.05, 0.1) is 0 Å². The van der Waals surface area contributed by atoms with Crippen LogP contribution in [0.15, 0.2) is 30.3 Å². The largest absolute Gasteiger partial charge is 0.330 e. The second-order valence-electron chi connectivity index (χ2n) is 6.08. The van der Waals surface area contributed by atoms with Crippen LogP contribution in [0.5, 0.6) is 0 Å². The van der Waals surface area contributed by atoms with Gasteiger partial charge in [-0.25, -0.2) is 0 Å². The van der Waals surface area contributed by atoms with Gasteiger partial charge in [0.2, 0.25) is 0 Å². The standard InChI is InChI=1S/C16H24N2/c17-12-15-7-9-16(11-15)8-4-10-18(16)13-14-5-2-1-3-6-14/h1-3,5-6,15H,4,7-13,17H2. The highest BCUT2D eigenvalue weighted by atomic mass is 15.2. The van der Waals surface area contributed by atoms with Crippen LogP contribution < -0.4 is 5.73 Å². The molecule has 2 fully saturated rings. The molecule has 1 aromatic rings. The monoisotopic (exact) mass is 244 g/mol. The Kier molecular flexibility index (Phi) is 3.40. The SMILES string of the molecule is NCC1CCC2(CCCN2Cc2ccccc2)C1. The van der Waals surface area contributed by atoms with Gasteiger partial charge in [-0.15, -0.1) is 0 Å². The van der Waals surface area contributed by atoms with Gasteiger partial charge in [-0.3, -0.25) is 4.90 Å². The van der Waals surface area contributed by atoms with E-state index < -0.39 is 0 Å². The first-order valence-corrected chi connectivity index (χ1v) is 7.31. The lowest BCUT2D eigenvalue weighted by Gasteiger charge is -2.35. The molecule has 2 N–H and O–H groups in total. The molecule has 1 aliphatic heterocycles. The van der Waals surface area contributed by atoms with Gasteiger partial charge in [-0.05, 0) is 56.7 Å². The lowest BCUT2D eigenvalue weighted by Crippen LogP contribution is -2.41. The molecule has 1 aromatic carbocycles. The number of hydrogen-bond donors (Lipinski definition) is 1. The van der Waals surface area contributed by atoms with Crippen molar-refractivity contribution in [1.29, 1.82) is 0 Å². The van der Waals surface area contributed by atoms with Crippen molar-refractivity contribution in [3.8, 4) is 0 Å². The molecule has 98 valence electrons. The van der Waals surface area contributed by atoms with Crippen molar-refractivity contribution >= 4 is 0 Å². The Balaban J connectivity index is 1.72. The molecule has 2 heteroatoms. The summed E-state index contributed by atoms with van der Waals surface area (Å²) in [5, 5.41) is 0. The maximum atomic E-state index is 5.86. The van der Waals surface area contributed by atoms with Gasteiger partial charge in [-0.2, -0.15) is 0 Å². The van der Waals surface area contributed by atoms with Gasteiger partial charge in [0.25, 0.3) is 0 Å². The third kappa shape index (κ3) is 2.19. The molecule has 1 saturated heterocycles. The number of benzene rings is 1. The Morgan fingerprint density at radius 3 is 2.78 bits per heavy atom. The van der Waals surface area contributed by atoms with E-state index in [4.69, 9.17) is 5.73 Å². The summed E-state index contributed by atoms with van der Waals surface area (Å²) in [6.07, 6.45) is 6.78. The van der Waals surface area contributed by atoms with E-state index in [0.29, 0.717) is 5.54 Å². The van der Waals surface area contributed by atoms with Gasteiger partial charge in [0.1, 0.15) is 0 Å². The van der Waals surface area contributed by atoms with Crippen LogP contribution in [0.25, 0.3) is 0 Å². The average Bonchev–Trinajstić information content (AvgIpc) is 3.00. The van der Waals surface area contributed by atoms with Crippen molar-refractivity contribution in [2.45, 2.75) is 44.2 Å². The van der Waals surface area contributed by atoms with E-state index in [2.05, 4.69) is 35.2 Å². The van der Waals surface area contributed by atoms with E-state index >= 15 is 0 Å². The summed E-state index contributed by atoms with van der Waals surface area (Å²) in [7, 11) is 0. The number of rotatable bonds is 3. The first-order valence-electron chi connectivity index (χ1n) is 7.31. The third-order valence-corrected chi connectivity index (χ3v) is 4.98. The molecular weight excluding hydrogens is 220 g/mol. The molecule has 2 unspecified atom stereocenters. The highest BCUT2D eigenvalue weighted by Crippen LogP contribution is 2.46. The Morgan fingerprint density at radius 1 is 1.22 bits per heavy atom. The Bertz CT molecular complexity index is 389. The minimum Gasteiger partial charge on any atom is -0.330 e. The Morgan fingerprint density at radius 2 is 2.06 bits per heavy atom. The normalized spacial score (nSPS) is 32.4. The summed E-state index contributed by atoms with van der Waals surface area (Å²) in [5.41, 5.74) is 7.80. The van der Waals surface area contributed by atoms with E-state index in [-0.39, 0.29) is 0 Å². The van der Waals surface area contributed by atoms with Crippen molar-refractivity contribution in [2.24, 2.45) is 11.7 Å². The van der Waals surface area contributed by atoms with Crippen molar-refractivity contribution in [3.05, 3.63) is 35.9 Å². The molecule has 3 rings (SSSR count). The average molecular weight is 244 g/mol. The molecule has 0 radical (unpaired) electrons. The molecule has 2 nitrogen and oxygen atoms in total.